The lowest BCUT2D eigenvalue weighted by molar-refractivity contribution is -0.140. The summed E-state index contributed by atoms with van der Waals surface area (Å²) in [5.74, 6) is -1.96. The lowest BCUT2D eigenvalue weighted by Gasteiger charge is -2.04. The van der Waals surface area contributed by atoms with Gasteiger partial charge in [-0.2, -0.15) is 0 Å². The quantitative estimate of drug-likeness (QED) is 0.516. The summed E-state index contributed by atoms with van der Waals surface area (Å²) >= 11 is 0. The number of carbonyl (C=O) groups excluding carboxylic acids is 1. The van der Waals surface area contributed by atoms with Gasteiger partial charge < -0.3 is 14.3 Å². The molecule has 3 rings (SSSR count). The van der Waals surface area contributed by atoms with Crippen LogP contribution in [0.25, 0.3) is 11.1 Å². The normalized spacial score (nSPS) is 11.8. The van der Waals surface area contributed by atoms with Gasteiger partial charge in [0.05, 0.1) is 11.5 Å². The van der Waals surface area contributed by atoms with E-state index in [-0.39, 0.29) is 18.9 Å². The van der Waals surface area contributed by atoms with E-state index in [9.17, 15) is 9.59 Å². The number of fused-ring (bicyclic) bond motifs is 1. The third-order valence-corrected chi connectivity index (χ3v) is 3.88. The number of rotatable bonds is 7. The molecule has 1 heterocycles. The fourth-order valence-corrected chi connectivity index (χ4v) is 2.46. The van der Waals surface area contributed by atoms with Crippen LogP contribution in [0.3, 0.4) is 0 Å². The first-order valence-corrected chi connectivity index (χ1v) is 8.02. The van der Waals surface area contributed by atoms with Crippen molar-refractivity contribution < 1.29 is 23.8 Å². The van der Waals surface area contributed by atoms with E-state index in [2.05, 4.69) is 11.6 Å². The zero-order valence-corrected chi connectivity index (χ0v) is 13.9. The average molecular weight is 351 g/mol. The molecule has 0 bridgehead atoms. The zero-order valence-electron chi connectivity index (χ0n) is 13.9. The summed E-state index contributed by atoms with van der Waals surface area (Å²) in [5.41, 5.74) is 2.21. The molecule has 0 amide bonds. The van der Waals surface area contributed by atoms with E-state index in [1.165, 1.54) is 6.08 Å². The van der Waals surface area contributed by atoms with E-state index in [0.717, 1.165) is 5.56 Å². The number of oxazole rings is 1. The predicted molar refractivity (Wildman–Crippen MR) is 94.6 cm³/mol. The molecule has 2 aromatic carbocycles. The maximum atomic E-state index is 12.2. The van der Waals surface area contributed by atoms with E-state index in [0.29, 0.717) is 16.7 Å². The van der Waals surface area contributed by atoms with Crippen LogP contribution in [-0.2, 0) is 22.6 Å². The predicted octanol–water partition coefficient (Wildman–Crippen LogP) is 3.61. The van der Waals surface area contributed by atoms with Crippen molar-refractivity contribution in [2.75, 3.05) is 0 Å². The molecule has 0 spiro atoms. The molecule has 0 fully saturated rings. The van der Waals surface area contributed by atoms with Crippen LogP contribution in [0.4, 0.5) is 0 Å². The molecule has 1 N–H and O–H groups in total. The fraction of sp³-hybridized carbons (Fsp3) is 0.150. The number of benzene rings is 2. The van der Waals surface area contributed by atoms with Gasteiger partial charge >= 0.3 is 11.9 Å². The second kappa shape index (κ2) is 7.65. The highest BCUT2D eigenvalue weighted by Gasteiger charge is 2.18. The smallest absolute Gasteiger partial charge is 0.338 e. The minimum absolute atomic E-state index is 0.0985. The van der Waals surface area contributed by atoms with Crippen molar-refractivity contribution in [3.8, 4) is 0 Å². The molecule has 132 valence electrons. The van der Waals surface area contributed by atoms with Crippen molar-refractivity contribution in [1.29, 1.82) is 0 Å². The monoisotopic (exact) mass is 351 g/mol. The molecule has 0 saturated heterocycles. The molecule has 1 aromatic heterocycles. The number of aromatic nitrogens is 1. The van der Waals surface area contributed by atoms with Crippen molar-refractivity contribution in [2.45, 2.75) is 13.0 Å². The van der Waals surface area contributed by atoms with Crippen LogP contribution in [0.15, 0.2) is 65.6 Å². The number of nitrogens with zero attached hydrogens (tertiary/aromatic N) is 1. The molecule has 6 nitrogen and oxygen atoms in total. The minimum atomic E-state index is -0.993. The molecule has 6 heteroatoms. The molecular formula is C20H17NO5. The summed E-state index contributed by atoms with van der Waals surface area (Å²) in [4.78, 5) is 27.5. The number of ether oxygens (including phenoxy) is 1. The van der Waals surface area contributed by atoms with Gasteiger partial charge in [0, 0.05) is 6.42 Å². The van der Waals surface area contributed by atoms with Crippen LogP contribution >= 0.6 is 0 Å². The molecular weight excluding hydrogens is 334 g/mol. The summed E-state index contributed by atoms with van der Waals surface area (Å²) in [6, 6.07) is 14.2. The molecule has 1 atom stereocenters. The van der Waals surface area contributed by atoms with Gasteiger partial charge in [0.2, 0.25) is 0 Å². The summed E-state index contributed by atoms with van der Waals surface area (Å²) in [7, 11) is 0. The number of carboxylic acid groups (broad SMARTS) is 1. The van der Waals surface area contributed by atoms with Gasteiger partial charge in [-0.25, -0.2) is 9.78 Å². The van der Waals surface area contributed by atoms with E-state index < -0.39 is 17.9 Å². The third-order valence-electron chi connectivity index (χ3n) is 3.88. The first kappa shape index (κ1) is 17.4. The number of esters is 1. The highest BCUT2D eigenvalue weighted by atomic mass is 16.5. The zero-order chi connectivity index (χ0) is 18.5. The van der Waals surface area contributed by atoms with Crippen molar-refractivity contribution >= 4 is 23.0 Å². The van der Waals surface area contributed by atoms with E-state index in [1.54, 1.807) is 18.2 Å². The maximum absolute atomic E-state index is 12.2. The lowest BCUT2D eigenvalue weighted by Crippen LogP contribution is -2.13. The van der Waals surface area contributed by atoms with Crippen molar-refractivity contribution in [3.05, 3.63) is 78.2 Å². The van der Waals surface area contributed by atoms with E-state index in [1.807, 2.05) is 30.3 Å². The van der Waals surface area contributed by atoms with Crippen LogP contribution in [0.2, 0.25) is 0 Å². The molecule has 3 aromatic rings. The number of aliphatic carboxylic acids is 1. The number of carbonyl (C=O) groups is 2. The number of carboxylic acids is 1. The van der Waals surface area contributed by atoms with Crippen LogP contribution in [-0.4, -0.2) is 22.0 Å². The van der Waals surface area contributed by atoms with Gasteiger partial charge in [-0.05, 0) is 23.8 Å². The van der Waals surface area contributed by atoms with Crippen LogP contribution in [0.1, 0.15) is 21.8 Å². The Morgan fingerprint density at radius 3 is 2.69 bits per heavy atom. The lowest BCUT2D eigenvalue weighted by atomic mass is 10.1. The van der Waals surface area contributed by atoms with Crippen LogP contribution < -0.4 is 0 Å². The molecule has 0 aliphatic heterocycles. The molecule has 26 heavy (non-hydrogen) atoms. The summed E-state index contributed by atoms with van der Waals surface area (Å²) in [6.45, 7) is 3.69. The van der Waals surface area contributed by atoms with Crippen molar-refractivity contribution in [3.63, 3.8) is 0 Å². The largest absolute Gasteiger partial charge is 0.481 e. The van der Waals surface area contributed by atoms with Crippen LogP contribution in [0, 0.1) is 5.92 Å². The first-order chi connectivity index (χ1) is 12.6. The molecule has 0 aliphatic carbocycles. The maximum Gasteiger partial charge on any atom is 0.338 e. The Hall–Kier alpha value is -3.41. The van der Waals surface area contributed by atoms with Gasteiger partial charge in [0.1, 0.15) is 12.1 Å². The topological polar surface area (TPSA) is 89.6 Å². The highest BCUT2D eigenvalue weighted by molar-refractivity contribution is 5.93. The molecule has 0 aliphatic rings. The average Bonchev–Trinajstić information content (AvgIpc) is 3.06. The second-order valence-corrected chi connectivity index (χ2v) is 5.74. The minimum Gasteiger partial charge on any atom is -0.481 e. The first-order valence-electron chi connectivity index (χ1n) is 8.02. The van der Waals surface area contributed by atoms with Gasteiger partial charge in [-0.1, -0.05) is 36.4 Å². The second-order valence-electron chi connectivity index (χ2n) is 5.74. The standard InChI is InChI=1S/C20H17NO5/c1-2-14(19(22)23)11-18-21-16-10-15(8-9-17(16)26-18)20(24)25-12-13-6-4-3-5-7-13/h2-10,14H,1,11-12H2,(H,22,23)/t14-/m0/s1. The highest BCUT2D eigenvalue weighted by Crippen LogP contribution is 2.20. The van der Waals surface area contributed by atoms with E-state index >= 15 is 0 Å². The van der Waals surface area contributed by atoms with Crippen molar-refractivity contribution in [1.82, 2.24) is 4.98 Å². The van der Waals surface area contributed by atoms with Crippen molar-refractivity contribution in [2.24, 2.45) is 5.92 Å². The van der Waals surface area contributed by atoms with Gasteiger partial charge in [-0.15, -0.1) is 6.58 Å². The Kier molecular flexibility index (Phi) is 5.12. The fourth-order valence-electron chi connectivity index (χ4n) is 2.46. The molecule has 0 unspecified atom stereocenters. The summed E-state index contributed by atoms with van der Waals surface area (Å²) in [5, 5.41) is 9.08. The Labute approximate surface area is 149 Å². The van der Waals surface area contributed by atoms with Crippen LogP contribution in [0.5, 0.6) is 0 Å². The number of hydrogen-bond donors (Lipinski definition) is 1. The van der Waals surface area contributed by atoms with Gasteiger partial charge in [0.15, 0.2) is 11.5 Å². The Morgan fingerprint density at radius 1 is 1.23 bits per heavy atom. The molecule has 0 radical (unpaired) electrons. The summed E-state index contributed by atoms with van der Waals surface area (Å²) < 4.78 is 10.8. The molecule has 0 saturated carbocycles. The third kappa shape index (κ3) is 3.97. The Balaban J connectivity index is 1.73. The number of hydrogen-bond acceptors (Lipinski definition) is 5. The summed E-state index contributed by atoms with van der Waals surface area (Å²) in [6.07, 6.45) is 1.44. The Morgan fingerprint density at radius 2 is 2.00 bits per heavy atom. The SMILES string of the molecule is C=C[C@@H](Cc1nc2cc(C(=O)OCc3ccccc3)ccc2o1)C(=O)O. The van der Waals surface area contributed by atoms with E-state index in [4.69, 9.17) is 14.3 Å². The Bertz CT molecular complexity index is 945. The van der Waals surface area contributed by atoms with Gasteiger partial charge in [-0.3, -0.25) is 4.79 Å². The van der Waals surface area contributed by atoms with Gasteiger partial charge in [0.25, 0.3) is 0 Å².